The predicted molar refractivity (Wildman–Crippen MR) is 133 cm³/mol. The van der Waals surface area contributed by atoms with Gasteiger partial charge in [0.25, 0.3) is 0 Å². The van der Waals surface area contributed by atoms with Crippen molar-refractivity contribution in [2.24, 2.45) is 5.92 Å². The summed E-state index contributed by atoms with van der Waals surface area (Å²) in [6.45, 7) is 11.0. The number of nitrogens with one attached hydrogen (secondary N) is 2. The quantitative estimate of drug-likeness (QED) is 0.583. The number of ether oxygens (including phenoxy) is 1. The van der Waals surface area contributed by atoms with E-state index < -0.39 is 17.7 Å². The van der Waals surface area contributed by atoms with Crippen LogP contribution in [0.5, 0.6) is 0 Å². The molecular weight excluding hydrogens is 430 g/mol. The molecule has 0 aliphatic heterocycles. The van der Waals surface area contributed by atoms with Crippen molar-refractivity contribution in [3.63, 3.8) is 0 Å². The van der Waals surface area contributed by atoms with Crippen molar-refractivity contribution >= 4 is 24.0 Å². The number of hydrogen-bond acceptors (Lipinski definition) is 4. The number of amides is 3. The lowest BCUT2D eigenvalue weighted by Crippen LogP contribution is -2.50. The number of hydrogen-bond donors (Lipinski definition) is 2. The highest BCUT2D eigenvalue weighted by atomic mass is 16.6. The summed E-state index contributed by atoms with van der Waals surface area (Å²) in [7, 11) is 0. The monoisotopic (exact) mass is 469 g/mol. The first kappa shape index (κ1) is 25.8. The minimum absolute atomic E-state index is 0.0533. The third-order valence-electron chi connectivity index (χ3n) is 6.44. The Bertz CT molecular complexity index is 901. The smallest absolute Gasteiger partial charge is 0.408 e. The van der Waals surface area contributed by atoms with Crippen LogP contribution in [0.4, 0.5) is 4.79 Å². The van der Waals surface area contributed by atoms with Crippen molar-refractivity contribution in [2.75, 3.05) is 6.54 Å². The van der Waals surface area contributed by atoms with Gasteiger partial charge in [-0.2, -0.15) is 0 Å². The second-order valence-corrected chi connectivity index (χ2v) is 10.6. The average Bonchev–Trinajstić information content (AvgIpc) is 3.50. The lowest BCUT2D eigenvalue weighted by molar-refractivity contribution is -0.141. The maximum absolute atomic E-state index is 13.7. The molecule has 0 aromatic heterocycles. The Kier molecular flexibility index (Phi) is 8.39. The number of rotatable bonds is 8. The van der Waals surface area contributed by atoms with Crippen LogP contribution in [0.1, 0.15) is 83.4 Å². The molecule has 0 radical (unpaired) electrons. The van der Waals surface area contributed by atoms with E-state index in [1.54, 1.807) is 31.7 Å². The van der Waals surface area contributed by atoms with E-state index in [4.69, 9.17) is 4.74 Å². The summed E-state index contributed by atoms with van der Waals surface area (Å²) in [4.78, 5) is 41.0. The zero-order valence-electron chi connectivity index (χ0n) is 20.9. The third-order valence-corrected chi connectivity index (χ3v) is 6.44. The first-order valence-corrected chi connectivity index (χ1v) is 12.4. The fourth-order valence-corrected chi connectivity index (χ4v) is 4.59. The Labute approximate surface area is 203 Å². The molecule has 2 aliphatic carbocycles. The Hall–Kier alpha value is -2.83. The molecule has 3 amide bonds. The molecule has 2 N–H and O–H groups in total. The molecule has 2 saturated carbocycles. The van der Waals surface area contributed by atoms with Crippen LogP contribution in [0.3, 0.4) is 0 Å². The van der Waals surface area contributed by atoms with Crippen LogP contribution in [0.25, 0.3) is 6.08 Å². The van der Waals surface area contributed by atoms with Crippen LogP contribution in [0, 0.1) is 5.92 Å². The first-order chi connectivity index (χ1) is 16.1. The van der Waals surface area contributed by atoms with Gasteiger partial charge < -0.3 is 20.3 Å². The Morgan fingerprint density at radius 1 is 1.21 bits per heavy atom. The van der Waals surface area contributed by atoms with Crippen molar-refractivity contribution in [2.45, 2.75) is 89.9 Å². The predicted octanol–water partition coefficient (Wildman–Crippen LogP) is 4.58. The van der Waals surface area contributed by atoms with E-state index in [-0.39, 0.29) is 36.4 Å². The summed E-state index contributed by atoms with van der Waals surface area (Å²) in [5.41, 5.74) is 0.970. The van der Waals surface area contributed by atoms with E-state index in [0.717, 1.165) is 43.2 Å². The summed E-state index contributed by atoms with van der Waals surface area (Å²) < 4.78 is 5.28. The number of benzene rings is 1. The minimum Gasteiger partial charge on any atom is -0.444 e. The van der Waals surface area contributed by atoms with Crippen molar-refractivity contribution in [1.29, 1.82) is 0 Å². The number of carbonyl (C=O) groups excluding carboxylic acids is 3. The normalized spacial score (nSPS) is 21.2. The molecule has 0 bridgehead atoms. The highest BCUT2D eigenvalue weighted by molar-refractivity contribution is 5.91. The van der Waals surface area contributed by atoms with E-state index in [2.05, 4.69) is 24.1 Å². The summed E-state index contributed by atoms with van der Waals surface area (Å²) >= 11 is 0. The van der Waals surface area contributed by atoms with E-state index in [1.807, 2.05) is 24.3 Å². The van der Waals surface area contributed by atoms with E-state index in [1.165, 1.54) is 6.42 Å². The maximum atomic E-state index is 13.7. The molecule has 2 fully saturated rings. The largest absolute Gasteiger partial charge is 0.444 e. The maximum Gasteiger partial charge on any atom is 0.408 e. The molecule has 1 aromatic rings. The van der Waals surface area contributed by atoms with Crippen LogP contribution in [0.15, 0.2) is 30.8 Å². The molecule has 3 rings (SSSR count). The van der Waals surface area contributed by atoms with Crippen LogP contribution in [-0.4, -0.2) is 47.0 Å². The van der Waals surface area contributed by atoms with Crippen molar-refractivity contribution in [3.8, 4) is 0 Å². The van der Waals surface area contributed by atoms with Gasteiger partial charge in [-0.1, -0.05) is 57.0 Å². The second kappa shape index (κ2) is 11.1. The Balaban J connectivity index is 1.86. The van der Waals surface area contributed by atoms with E-state index >= 15 is 0 Å². The molecule has 1 aromatic carbocycles. The first-order valence-electron chi connectivity index (χ1n) is 12.4. The van der Waals surface area contributed by atoms with Gasteiger partial charge in [-0.25, -0.2) is 4.79 Å². The van der Waals surface area contributed by atoms with Gasteiger partial charge in [0.05, 0.1) is 0 Å². The van der Waals surface area contributed by atoms with Crippen molar-refractivity contribution in [3.05, 3.63) is 42.0 Å². The van der Waals surface area contributed by atoms with Gasteiger partial charge >= 0.3 is 6.09 Å². The molecule has 0 heterocycles. The van der Waals surface area contributed by atoms with Gasteiger partial charge in [0.2, 0.25) is 11.8 Å². The Morgan fingerprint density at radius 2 is 1.88 bits per heavy atom. The molecular formula is C27H39N3O4. The average molecular weight is 470 g/mol. The molecule has 186 valence electrons. The lowest BCUT2D eigenvalue weighted by Gasteiger charge is -2.34. The highest BCUT2D eigenvalue weighted by Crippen LogP contribution is 2.40. The van der Waals surface area contributed by atoms with Crippen LogP contribution >= 0.6 is 0 Å². The lowest BCUT2D eigenvalue weighted by atomic mass is 9.94. The van der Waals surface area contributed by atoms with E-state index in [9.17, 15) is 14.4 Å². The minimum atomic E-state index is -0.773. The fourth-order valence-electron chi connectivity index (χ4n) is 4.59. The number of nitrogens with zero attached hydrogens (tertiary/aromatic N) is 1. The van der Waals surface area contributed by atoms with Crippen LogP contribution in [0.2, 0.25) is 0 Å². The highest BCUT2D eigenvalue weighted by Gasteiger charge is 2.46. The SMILES string of the molecule is C=Cc1cccc(C(C(=O)NC2CCCCC2)N(C(=O)CNC(=O)OC(C)(C)C)C2CC2C)c1. The zero-order chi connectivity index (χ0) is 24.9. The fraction of sp³-hybridized carbons (Fsp3) is 0.593. The second-order valence-electron chi connectivity index (χ2n) is 10.6. The molecule has 34 heavy (non-hydrogen) atoms. The van der Waals surface area contributed by atoms with Gasteiger partial charge in [0, 0.05) is 12.1 Å². The Morgan fingerprint density at radius 3 is 2.47 bits per heavy atom. The zero-order valence-corrected chi connectivity index (χ0v) is 20.9. The number of carbonyl (C=O) groups is 3. The van der Waals surface area contributed by atoms with E-state index in [0.29, 0.717) is 0 Å². The van der Waals surface area contributed by atoms with Gasteiger partial charge in [0.15, 0.2) is 0 Å². The molecule has 2 aliphatic rings. The molecule has 7 heteroatoms. The summed E-state index contributed by atoms with van der Waals surface area (Å²) in [6, 6.07) is 6.89. The van der Waals surface area contributed by atoms with Gasteiger partial charge in [-0.3, -0.25) is 9.59 Å². The number of alkyl carbamates (subject to hydrolysis) is 1. The summed E-state index contributed by atoms with van der Waals surface area (Å²) in [5, 5.41) is 5.78. The standard InChI is InChI=1S/C27H39N3O4/c1-6-19-11-10-12-20(16-19)24(25(32)29-21-13-8-7-9-14-21)30(22-15-18(22)2)23(31)17-28-26(33)34-27(3,4)5/h6,10-12,16,18,21-22,24H,1,7-9,13-15,17H2,2-5H3,(H,28,33)(H,29,32). The van der Waals surface area contributed by atoms with Gasteiger partial charge in [-0.05, 0) is 63.1 Å². The third kappa shape index (κ3) is 7.08. The molecule has 7 nitrogen and oxygen atoms in total. The van der Waals surface area contributed by atoms with Crippen molar-refractivity contribution in [1.82, 2.24) is 15.5 Å². The molecule has 0 saturated heterocycles. The topological polar surface area (TPSA) is 87.7 Å². The summed E-state index contributed by atoms with van der Waals surface area (Å²) in [6.07, 6.45) is 7.22. The van der Waals surface area contributed by atoms with Crippen LogP contribution in [-0.2, 0) is 14.3 Å². The van der Waals surface area contributed by atoms with Gasteiger partial charge in [-0.15, -0.1) is 0 Å². The molecule has 3 unspecified atom stereocenters. The van der Waals surface area contributed by atoms with Crippen molar-refractivity contribution < 1.29 is 19.1 Å². The summed E-state index contributed by atoms with van der Waals surface area (Å²) in [5.74, 6) is -0.177. The van der Waals surface area contributed by atoms with Crippen LogP contribution < -0.4 is 10.6 Å². The molecule has 0 spiro atoms. The van der Waals surface area contributed by atoms with Gasteiger partial charge in [0.1, 0.15) is 18.2 Å². The molecule has 3 atom stereocenters.